The number of nitrogens with one attached hydrogen (secondary N) is 1. The van der Waals surface area contributed by atoms with Gasteiger partial charge in [0.05, 0.1) is 0 Å². The number of hydrogen-bond donors (Lipinski definition) is 1. The van der Waals surface area contributed by atoms with Crippen molar-refractivity contribution in [2.75, 3.05) is 19.6 Å². The molecule has 2 nitrogen and oxygen atoms in total. The lowest BCUT2D eigenvalue weighted by molar-refractivity contribution is 0.0937. The van der Waals surface area contributed by atoms with Gasteiger partial charge in [0.2, 0.25) is 0 Å². The van der Waals surface area contributed by atoms with Crippen molar-refractivity contribution in [3.05, 3.63) is 34.1 Å². The molecule has 0 bridgehead atoms. The van der Waals surface area contributed by atoms with E-state index < -0.39 is 0 Å². The van der Waals surface area contributed by atoms with Gasteiger partial charge in [-0.05, 0) is 31.0 Å². The average Bonchev–Trinajstić information content (AvgIpc) is 2.44. The summed E-state index contributed by atoms with van der Waals surface area (Å²) in [6.45, 7) is 3.80. The summed E-state index contributed by atoms with van der Waals surface area (Å²) in [6.07, 6.45) is 6.55. The predicted molar refractivity (Wildman–Crippen MR) is 83.2 cm³/mol. The molecule has 0 aromatic heterocycles. The largest absolute Gasteiger partial charge is 0.309 e. The first-order valence-electron chi connectivity index (χ1n) is 7.58. The van der Waals surface area contributed by atoms with Crippen LogP contribution in [0.15, 0.2) is 22.7 Å². The molecule has 1 aliphatic heterocycles. The highest BCUT2D eigenvalue weighted by Crippen LogP contribution is 2.31. The molecule has 1 saturated carbocycles. The Hall–Kier alpha value is -0.450. The van der Waals surface area contributed by atoms with Gasteiger partial charge in [-0.15, -0.1) is 0 Å². The summed E-state index contributed by atoms with van der Waals surface area (Å²) >= 11 is 3.43. The average molecular weight is 341 g/mol. The maximum atomic E-state index is 13.9. The van der Waals surface area contributed by atoms with Gasteiger partial charge in [-0.2, -0.15) is 0 Å². The van der Waals surface area contributed by atoms with Crippen molar-refractivity contribution in [3.8, 4) is 0 Å². The Balaban J connectivity index is 1.69. The fraction of sp³-hybridized carbons (Fsp3) is 0.625. The van der Waals surface area contributed by atoms with E-state index >= 15 is 0 Å². The predicted octanol–water partition coefficient (Wildman–Crippen LogP) is 3.70. The zero-order valence-corrected chi connectivity index (χ0v) is 13.4. The summed E-state index contributed by atoms with van der Waals surface area (Å²) in [6, 6.07) is 5.22. The standard InChI is InChI=1S/C16H22BrFN2/c17-14-4-5-15(18)13(10-14)11-20-9-8-19-16(12-20)6-2-1-3-7-16/h4-5,10,19H,1-3,6-9,11-12H2. The van der Waals surface area contributed by atoms with Gasteiger partial charge in [0.1, 0.15) is 5.82 Å². The lowest BCUT2D eigenvalue weighted by Crippen LogP contribution is -2.60. The summed E-state index contributed by atoms with van der Waals surface area (Å²) in [4.78, 5) is 2.41. The van der Waals surface area contributed by atoms with Crippen LogP contribution in [-0.2, 0) is 6.54 Å². The van der Waals surface area contributed by atoms with Crippen LogP contribution in [0.3, 0.4) is 0 Å². The van der Waals surface area contributed by atoms with Crippen molar-refractivity contribution >= 4 is 15.9 Å². The molecule has 1 aromatic rings. The molecule has 3 rings (SSSR count). The Morgan fingerprint density at radius 2 is 2.05 bits per heavy atom. The normalized spacial score (nSPS) is 23.1. The maximum Gasteiger partial charge on any atom is 0.127 e. The van der Waals surface area contributed by atoms with Gasteiger partial charge < -0.3 is 5.32 Å². The van der Waals surface area contributed by atoms with Gasteiger partial charge in [-0.1, -0.05) is 35.2 Å². The van der Waals surface area contributed by atoms with Gasteiger partial charge in [0, 0.05) is 41.8 Å². The molecule has 2 aliphatic rings. The summed E-state index contributed by atoms with van der Waals surface area (Å²) in [5.74, 6) is -0.0931. The van der Waals surface area contributed by atoms with E-state index in [1.807, 2.05) is 6.07 Å². The van der Waals surface area contributed by atoms with E-state index in [1.54, 1.807) is 12.1 Å². The molecular formula is C16H22BrFN2. The Labute approximate surface area is 128 Å². The smallest absolute Gasteiger partial charge is 0.127 e. The Morgan fingerprint density at radius 3 is 2.85 bits per heavy atom. The summed E-state index contributed by atoms with van der Waals surface area (Å²) < 4.78 is 14.9. The number of piperazine rings is 1. The topological polar surface area (TPSA) is 15.3 Å². The SMILES string of the molecule is Fc1ccc(Br)cc1CN1CCNC2(CCCCC2)C1. The number of halogens is 2. The van der Waals surface area contributed by atoms with Crippen LogP contribution in [0.4, 0.5) is 4.39 Å². The van der Waals surface area contributed by atoms with Crippen molar-refractivity contribution < 1.29 is 4.39 Å². The van der Waals surface area contributed by atoms with Crippen LogP contribution in [0.2, 0.25) is 0 Å². The highest BCUT2D eigenvalue weighted by atomic mass is 79.9. The van der Waals surface area contributed by atoms with Crippen molar-refractivity contribution in [1.29, 1.82) is 0 Å². The lowest BCUT2D eigenvalue weighted by Gasteiger charge is -2.46. The molecular weight excluding hydrogens is 319 g/mol. The van der Waals surface area contributed by atoms with Crippen molar-refractivity contribution in [1.82, 2.24) is 10.2 Å². The van der Waals surface area contributed by atoms with Crippen LogP contribution < -0.4 is 5.32 Å². The van der Waals surface area contributed by atoms with Gasteiger partial charge in [-0.25, -0.2) is 4.39 Å². The molecule has 1 spiro atoms. The Morgan fingerprint density at radius 1 is 1.25 bits per heavy atom. The van der Waals surface area contributed by atoms with Crippen LogP contribution in [-0.4, -0.2) is 30.1 Å². The third-order valence-electron chi connectivity index (χ3n) is 4.67. The van der Waals surface area contributed by atoms with E-state index in [9.17, 15) is 4.39 Å². The second-order valence-corrected chi connectivity index (χ2v) is 7.13. The van der Waals surface area contributed by atoms with E-state index in [-0.39, 0.29) is 5.82 Å². The first-order chi connectivity index (χ1) is 9.67. The van der Waals surface area contributed by atoms with Crippen molar-refractivity contribution in [2.24, 2.45) is 0 Å². The fourth-order valence-corrected chi connectivity index (χ4v) is 4.05. The highest BCUT2D eigenvalue weighted by Gasteiger charge is 2.36. The fourth-order valence-electron chi connectivity index (χ4n) is 3.65. The number of benzene rings is 1. The molecule has 1 saturated heterocycles. The first-order valence-corrected chi connectivity index (χ1v) is 8.38. The summed E-state index contributed by atoms with van der Waals surface area (Å²) in [7, 11) is 0. The van der Waals surface area contributed by atoms with Crippen LogP contribution in [0.1, 0.15) is 37.7 Å². The number of rotatable bonds is 2. The maximum absolute atomic E-state index is 13.9. The van der Waals surface area contributed by atoms with Crippen LogP contribution in [0, 0.1) is 5.82 Å². The second-order valence-electron chi connectivity index (χ2n) is 6.21. The van der Waals surface area contributed by atoms with Crippen molar-refractivity contribution in [3.63, 3.8) is 0 Å². The molecule has 4 heteroatoms. The molecule has 0 atom stereocenters. The summed E-state index contributed by atoms with van der Waals surface area (Å²) in [5, 5.41) is 3.73. The minimum atomic E-state index is -0.0931. The minimum absolute atomic E-state index is 0.0931. The van der Waals surface area contributed by atoms with Gasteiger partial charge in [0.15, 0.2) is 0 Å². The molecule has 1 N–H and O–H groups in total. The van der Waals surface area contributed by atoms with E-state index in [1.165, 1.54) is 32.1 Å². The zero-order valence-electron chi connectivity index (χ0n) is 11.8. The molecule has 20 heavy (non-hydrogen) atoms. The monoisotopic (exact) mass is 340 g/mol. The van der Waals surface area contributed by atoms with E-state index in [0.29, 0.717) is 12.1 Å². The number of nitrogens with zero attached hydrogens (tertiary/aromatic N) is 1. The van der Waals surface area contributed by atoms with Crippen LogP contribution in [0.5, 0.6) is 0 Å². The molecule has 1 aliphatic carbocycles. The first kappa shape index (κ1) is 14.5. The molecule has 0 amide bonds. The zero-order chi connectivity index (χ0) is 14.0. The molecule has 110 valence electrons. The highest BCUT2D eigenvalue weighted by molar-refractivity contribution is 9.10. The van der Waals surface area contributed by atoms with Crippen molar-refractivity contribution in [2.45, 2.75) is 44.2 Å². The van der Waals surface area contributed by atoms with Gasteiger partial charge >= 0.3 is 0 Å². The third-order valence-corrected chi connectivity index (χ3v) is 5.16. The van der Waals surface area contributed by atoms with Gasteiger partial charge in [0.25, 0.3) is 0 Å². The quantitative estimate of drug-likeness (QED) is 0.883. The van der Waals surface area contributed by atoms with Crippen LogP contribution >= 0.6 is 15.9 Å². The third kappa shape index (κ3) is 3.23. The molecule has 1 heterocycles. The summed E-state index contributed by atoms with van der Waals surface area (Å²) in [5.41, 5.74) is 1.09. The van der Waals surface area contributed by atoms with Gasteiger partial charge in [-0.3, -0.25) is 4.90 Å². The minimum Gasteiger partial charge on any atom is -0.309 e. The molecule has 0 unspecified atom stereocenters. The molecule has 2 fully saturated rings. The van der Waals surface area contributed by atoms with Crippen LogP contribution in [0.25, 0.3) is 0 Å². The van der Waals surface area contributed by atoms with E-state index in [4.69, 9.17) is 0 Å². The molecule has 0 radical (unpaired) electrons. The lowest BCUT2D eigenvalue weighted by atomic mass is 9.80. The van der Waals surface area contributed by atoms with E-state index in [2.05, 4.69) is 26.1 Å². The second kappa shape index (κ2) is 6.12. The Kier molecular flexibility index (Phi) is 4.43. The molecule has 1 aromatic carbocycles. The van der Waals surface area contributed by atoms with E-state index in [0.717, 1.165) is 29.7 Å². The Bertz CT molecular complexity index is 466. The number of hydrogen-bond acceptors (Lipinski definition) is 2.